The molecule has 1 unspecified atom stereocenters. The topological polar surface area (TPSA) is 114 Å². The average molecular weight is 188 g/mol. The third-order valence-corrected chi connectivity index (χ3v) is 1.61. The van der Waals surface area contributed by atoms with Gasteiger partial charge in [0.1, 0.15) is 0 Å². The maximum atomic E-state index is 10.3. The number of amides is 1. The summed E-state index contributed by atoms with van der Waals surface area (Å²) in [4.78, 5) is 10.3. The zero-order valence-corrected chi connectivity index (χ0v) is 7.66. The second-order valence-corrected chi connectivity index (χ2v) is 2.77. The molecule has 0 rings (SSSR count). The molecule has 0 aliphatic rings. The van der Waals surface area contributed by atoms with Crippen molar-refractivity contribution in [1.29, 1.82) is 0 Å². The van der Waals surface area contributed by atoms with Crippen LogP contribution in [-0.2, 0) is 4.79 Å². The summed E-state index contributed by atoms with van der Waals surface area (Å²) in [5.74, 6) is -0.197. The Kier molecular flexibility index (Phi) is 5.62. The van der Waals surface area contributed by atoms with Crippen molar-refractivity contribution in [3.8, 4) is 0 Å². The van der Waals surface area contributed by atoms with Crippen LogP contribution in [0.25, 0.3) is 0 Å². The van der Waals surface area contributed by atoms with Crippen LogP contribution in [0.4, 0.5) is 0 Å². The molecule has 0 saturated heterocycles. The van der Waals surface area contributed by atoms with Gasteiger partial charge in [0.05, 0.1) is 6.04 Å². The van der Waals surface area contributed by atoms with Gasteiger partial charge in [-0.1, -0.05) is 5.16 Å². The largest absolute Gasteiger partial charge is 0.409 e. The van der Waals surface area contributed by atoms with E-state index in [4.69, 9.17) is 16.7 Å². The highest BCUT2D eigenvalue weighted by molar-refractivity contribution is 5.84. The van der Waals surface area contributed by atoms with Crippen LogP contribution in [0.1, 0.15) is 19.8 Å². The number of nitrogens with one attached hydrogen (secondary N) is 1. The van der Waals surface area contributed by atoms with Gasteiger partial charge in [0.25, 0.3) is 0 Å². The molecular weight excluding hydrogens is 172 g/mol. The van der Waals surface area contributed by atoms with Crippen molar-refractivity contribution < 1.29 is 10.0 Å². The van der Waals surface area contributed by atoms with Crippen molar-refractivity contribution in [2.24, 2.45) is 16.6 Å². The first-order valence-electron chi connectivity index (χ1n) is 4.07. The van der Waals surface area contributed by atoms with Crippen LogP contribution >= 0.6 is 0 Å². The molecule has 0 aliphatic heterocycles. The van der Waals surface area contributed by atoms with Gasteiger partial charge < -0.3 is 22.0 Å². The Bertz CT molecular complexity index is 193. The fourth-order valence-electron chi connectivity index (χ4n) is 0.772. The predicted molar refractivity (Wildman–Crippen MR) is 49.3 cm³/mol. The third kappa shape index (κ3) is 5.92. The summed E-state index contributed by atoms with van der Waals surface area (Å²) >= 11 is 0. The molecule has 0 spiro atoms. The average Bonchev–Trinajstić information content (AvgIpc) is 2.10. The van der Waals surface area contributed by atoms with Crippen LogP contribution in [0, 0.1) is 0 Å². The van der Waals surface area contributed by atoms with E-state index in [9.17, 15) is 4.79 Å². The van der Waals surface area contributed by atoms with E-state index in [2.05, 4.69) is 10.5 Å². The minimum atomic E-state index is -0.321. The first-order chi connectivity index (χ1) is 6.07. The molecule has 0 aromatic rings. The Morgan fingerprint density at radius 1 is 1.62 bits per heavy atom. The van der Waals surface area contributed by atoms with E-state index in [1.807, 2.05) is 0 Å². The Morgan fingerprint density at radius 3 is 2.69 bits per heavy atom. The van der Waals surface area contributed by atoms with E-state index < -0.39 is 0 Å². The maximum absolute atomic E-state index is 10.3. The summed E-state index contributed by atoms with van der Waals surface area (Å²) in [5.41, 5.74) is 10.2. The molecule has 6 N–H and O–H groups in total. The van der Waals surface area contributed by atoms with Crippen LogP contribution in [0.3, 0.4) is 0 Å². The van der Waals surface area contributed by atoms with Crippen LogP contribution in [-0.4, -0.2) is 29.5 Å². The Morgan fingerprint density at radius 2 is 2.23 bits per heavy atom. The maximum Gasteiger partial charge on any atom is 0.217 e. The summed E-state index contributed by atoms with van der Waals surface area (Å²) < 4.78 is 0. The number of nitrogens with zero attached hydrogens (tertiary/aromatic N) is 1. The van der Waals surface area contributed by atoms with Crippen molar-refractivity contribution in [1.82, 2.24) is 5.32 Å². The lowest BCUT2D eigenvalue weighted by atomic mass is 10.2. The molecular formula is C7H16N4O2. The Hall–Kier alpha value is -1.30. The number of carbonyl (C=O) groups is 1. The summed E-state index contributed by atoms with van der Waals surface area (Å²) in [7, 11) is 0. The smallest absolute Gasteiger partial charge is 0.217 e. The first-order valence-corrected chi connectivity index (χ1v) is 4.07. The number of hydrogen-bond acceptors (Lipinski definition) is 4. The van der Waals surface area contributed by atoms with Gasteiger partial charge in [-0.3, -0.25) is 4.79 Å². The quantitative estimate of drug-likeness (QED) is 0.140. The number of rotatable bonds is 6. The monoisotopic (exact) mass is 188 g/mol. The van der Waals surface area contributed by atoms with E-state index in [-0.39, 0.29) is 17.8 Å². The standard InChI is InChI=1S/C7H16N4O2/c1-5(7(9)11-13)10-4-2-3-6(8)12/h5,10,13H,2-4H2,1H3,(H2,8,12)(H2,9,11). The van der Waals surface area contributed by atoms with E-state index >= 15 is 0 Å². The molecule has 1 amide bonds. The summed E-state index contributed by atoms with van der Waals surface area (Å²) in [6, 6.07) is -0.196. The van der Waals surface area contributed by atoms with Gasteiger partial charge in [-0.05, 0) is 19.9 Å². The first kappa shape index (κ1) is 11.7. The lowest BCUT2D eigenvalue weighted by Crippen LogP contribution is -2.39. The molecule has 0 aromatic carbocycles. The van der Waals surface area contributed by atoms with Crippen molar-refractivity contribution in [2.75, 3.05) is 6.54 Å². The molecule has 0 heterocycles. The third-order valence-electron chi connectivity index (χ3n) is 1.61. The molecule has 0 radical (unpaired) electrons. The van der Waals surface area contributed by atoms with Gasteiger partial charge >= 0.3 is 0 Å². The molecule has 6 nitrogen and oxygen atoms in total. The second kappa shape index (κ2) is 6.24. The predicted octanol–water partition coefficient (Wildman–Crippen LogP) is -1.02. The van der Waals surface area contributed by atoms with Crippen LogP contribution < -0.4 is 16.8 Å². The molecule has 0 saturated carbocycles. The van der Waals surface area contributed by atoms with Gasteiger partial charge in [-0.2, -0.15) is 0 Å². The summed E-state index contributed by atoms with van der Waals surface area (Å²) in [6.45, 7) is 2.37. The SMILES string of the molecule is CC(NCCCC(N)=O)C(N)=NO. The van der Waals surface area contributed by atoms with Crippen molar-refractivity contribution >= 4 is 11.7 Å². The van der Waals surface area contributed by atoms with Crippen molar-refractivity contribution in [3.63, 3.8) is 0 Å². The molecule has 0 bridgehead atoms. The van der Waals surface area contributed by atoms with Gasteiger partial charge in [-0.15, -0.1) is 0 Å². The molecule has 0 fully saturated rings. The minimum absolute atomic E-state index is 0.124. The van der Waals surface area contributed by atoms with Crippen LogP contribution in [0.2, 0.25) is 0 Å². The highest BCUT2D eigenvalue weighted by Crippen LogP contribution is 1.87. The van der Waals surface area contributed by atoms with E-state index in [0.717, 1.165) is 0 Å². The molecule has 0 aliphatic carbocycles. The highest BCUT2D eigenvalue weighted by atomic mass is 16.4. The van der Waals surface area contributed by atoms with Gasteiger partial charge in [0.15, 0.2) is 5.84 Å². The van der Waals surface area contributed by atoms with Crippen LogP contribution in [0.15, 0.2) is 5.16 Å². The normalized spacial score (nSPS) is 14.1. The number of nitrogens with two attached hydrogens (primary N) is 2. The van der Waals surface area contributed by atoms with Crippen molar-refractivity contribution in [3.05, 3.63) is 0 Å². The number of primary amides is 1. The molecule has 76 valence electrons. The zero-order chi connectivity index (χ0) is 10.3. The van der Waals surface area contributed by atoms with Gasteiger partial charge in [0, 0.05) is 6.42 Å². The number of hydrogen-bond donors (Lipinski definition) is 4. The number of carbonyl (C=O) groups excluding carboxylic acids is 1. The number of amidine groups is 1. The second-order valence-electron chi connectivity index (χ2n) is 2.77. The fraction of sp³-hybridized carbons (Fsp3) is 0.714. The van der Waals surface area contributed by atoms with E-state index in [1.54, 1.807) is 6.92 Å². The summed E-state index contributed by atoms with van der Waals surface area (Å²) in [6.07, 6.45) is 0.994. The van der Waals surface area contributed by atoms with Crippen molar-refractivity contribution in [2.45, 2.75) is 25.8 Å². The highest BCUT2D eigenvalue weighted by Gasteiger charge is 2.05. The molecule has 6 heteroatoms. The van der Waals surface area contributed by atoms with E-state index in [1.165, 1.54) is 0 Å². The molecule has 0 aromatic heterocycles. The zero-order valence-electron chi connectivity index (χ0n) is 7.66. The lowest BCUT2D eigenvalue weighted by molar-refractivity contribution is -0.118. The lowest BCUT2D eigenvalue weighted by Gasteiger charge is -2.10. The summed E-state index contributed by atoms with van der Waals surface area (Å²) in [5, 5.41) is 14.1. The molecule has 1 atom stereocenters. The van der Waals surface area contributed by atoms with Crippen LogP contribution in [0.5, 0.6) is 0 Å². The van der Waals surface area contributed by atoms with E-state index in [0.29, 0.717) is 19.4 Å². The molecule has 13 heavy (non-hydrogen) atoms. The van der Waals surface area contributed by atoms with Gasteiger partial charge in [0.2, 0.25) is 5.91 Å². The minimum Gasteiger partial charge on any atom is -0.409 e. The fourth-order valence-corrected chi connectivity index (χ4v) is 0.772. The van der Waals surface area contributed by atoms with Gasteiger partial charge in [-0.25, -0.2) is 0 Å². The Labute approximate surface area is 77.0 Å². The number of oxime groups is 1. The Balaban J connectivity index is 3.48.